The average Bonchev–Trinajstić information content (AvgIpc) is 3.06. The summed E-state index contributed by atoms with van der Waals surface area (Å²) in [4.78, 5) is 49.0. The largest absolute Gasteiger partial charge is 0.464 e. The molecule has 0 saturated heterocycles. The Hall–Kier alpha value is -3.42. The second-order valence-electron chi connectivity index (χ2n) is 5.25. The Morgan fingerprint density at radius 1 is 1.16 bits per heavy atom. The smallest absolute Gasteiger partial charge is 0.358 e. The van der Waals surface area contributed by atoms with E-state index in [9.17, 15) is 19.2 Å². The van der Waals surface area contributed by atoms with Crippen LogP contribution >= 0.6 is 0 Å². The van der Waals surface area contributed by atoms with Gasteiger partial charge in [0.05, 0.1) is 18.2 Å². The third-order valence-electron chi connectivity index (χ3n) is 3.67. The summed E-state index contributed by atoms with van der Waals surface area (Å²) in [6.45, 7) is 1.54. The van der Waals surface area contributed by atoms with Crippen molar-refractivity contribution in [3.8, 4) is 0 Å². The SMILES string of the molecule is COC(=O)/C(=C\O[C@@H]1C=C(C)C(=O)O1)N1C(=O)c2ccccc2C1=O. The number of cyclic esters (lactones) is 1. The zero-order chi connectivity index (χ0) is 18.1. The Morgan fingerprint density at radius 2 is 1.76 bits per heavy atom. The van der Waals surface area contributed by atoms with E-state index in [1.165, 1.54) is 18.2 Å². The summed E-state index contributed by atoms with van der Waals surface area (Å²) >= 11 is 0. The molecule has 1 aromatic carbocycles. The summed E-state index contributed by atoms with van der Waals surface area (Å²) in [5.74, 6) is -2.84. The fraction of sp³-hybridized carbons (Fsp3) is 0.176. The van der Waals surface area contributed by atoms with Crippen molar-refractivity contribution in [3.63, 3.8) is 0 Å². The molecule has 2 amide bonds. The van der Waals surface area contributed by atoms with Crippen LogP contribution < -0.4 is 0 Å². The first-order valence-corrected chi connectivity index (χ1v) is 7.25. The second kappa shape index (κ2) is 6.23. The van der Waals surface area contributed by atoms with E-state index in [1.54, 1.807) is 19.1 Å². The minimum atomic E-state index is -1.05. The minimum Gasteiger partial charge on any atom is -0.464 e. The van der Waals surface area contributed by atoms with Crippen LogP contribution in [0.4, 0.5) is 0 Å². The van der Waals surface area contributed by atoms with Crippen molar-refractivity contribution in [2.24, 2.45) is 0 Å². The highest BCUT2D eigenvalue weighted by molar-refractivity contribution is 6.24. The van der Waals surface area contributed by atoms with Gasteiger partial charge in [-0.2, -0.15) is 0 Å². The Bertz CT molecular complexity index is 817. The number of fused-ring (bicyclic) bond motifs is 1. The van der Waals surface area contributed by atoms with E-state index in [0.717, 1.165) is 13.4 Å². The second-order valence-corrected chi connectivity index (χ2v) is 5.25. The van der Waals surface area contributed by atoms with Gasteiger partial charge >= 0.3 is 11.9 Å². The Morgan fingerprint density at radius 3 is 2.24 bits per heavy atom. The summed E-state index contributed by atoms with van der Waals surface area (Å²) in [7, 11) is 1.11. The quantitative estimate of drug-likeness (QED) is 0.350. The molecule has 8 heteroatoms. The predicted molar refractivity (Wildman–Crippen MR) is 81.8 cm³/mol. The van der Waals surface area contributed by atoms with Crippen LogP contribution in [0.15, 0.2) is 47.9 Å². The van der Waals surface area contributed by atoms with E-state index in [2.05, 4.69) is 4.74 Å². The molecule has 128 valence electrons. The first-order valence-electron chi connectivity index (χ1n) is 7.25. The van der Waals surface area contributed by atoms with Crippen molar-refractivity contribution in [2.45, 2.75) is 13.2 Å². The lowest BCUT2D eigenvalue weighted by Gasteiger charge is -2.16. The lowest BCUT2D eigenvalue weighted by atomic mass is 10.1. The van der Waals surface area contributed by atoms with Gasteiger partial charge in [-0.25, -0.2) is 14.5 Å². The number of hydrogen-bond acceptors (Lipinski definition) is 7. The lowest BCUT2D eigenvalue weighted by molar-refractivity contribution is -0.152. The standard InChI is InChI=1S/C17H13NO7/c1-9-7-13(25-16(9)21)24-8-12(17(22)23-2)18-14(19)10-5-3-4-6-11(10)15(18)20/h3-8,13H,1-2H3/b12-8+/t13-/m0/s1. The molecule has 0 aromatic heterocycles. The van der Waals surface area contributed by atoms with Crippen molar-refractivity contribution < 1.29 is 33.4 Å². The van der Waals surface area contributed by atoms with E-state index in [4.69, 9.17) is 9.47 Å². The highest BCUT2D eigenvalue weighted by atomic mass is 16.7. The first-order chi connectivity index (χ1) is 11.9. The molecular weight excluding hydrogens is 330 g/mol. The topological polar surface area (TPSA) is 99.2 Å². The molecular formula is C17H13NO7. The number of carbonyl (C=O) groups is 4. The van der Waals surface area contributed by atoms with Gasteiger partial charge in [-0.1, -0.05) is 12.1 Å². The fourth-order valence-electron chi connectivity index (χ4n) is 2.41. The summed E-state index contributed by atoms with van der Waals surface area (Å²) in [6, 6.07) is 6.18. The van der Waals surface area contributed by atoms with Crippen LogP contribution in [0.5, 0.6) is 0 Å². The number of amides is 2. The summed E-state index contributed by atoms with van der Waals surface area (Å²) in [5, 5.41) is 0. The maximum absolute atomic E-state index is 12.5. The zero-order valence-electron chi connectivity index (χ0n) is 13.3. The predicted octanol–water partition coefficient (Wildman–Crippen LogP) is 1.14. The van der Waals surface area contributed by atoms with Crippen molar-refractivity contribution in [2.75, 3.05) is 7.11 Å². The molecule has 0 N–H and O–H groups in total. The van der Waals surface area contributed by atoms with Gasteiger partial charge in [0.1, 0.15) is 6.26 Å². The third kappa shape index (κ3) is 2.78. The highest BCUT2D eigenvalue weighted by Gasteiger charge is 2.40. The molecule has 0 saturated carbocycles. The molecule has 0 bridgehead atoms. The number of methoxy groups -OCH3 is 1. The van der Waals surface area contributed by atoms with Crippen LogP contribution in [-0.4, -0.2) is 42.1 Å². The molecule has 0 aliphatic carbocycles. The average molecular weight is 343 g/mol. The van der Waals surface area contributed by atoms with Crippen LogP contribution in [0.3, 0.4) is 0 Å². The van der Waals surface area contributed by atoms with Crippen molar-refractivity contribution in [1.82, 2.24) is 4.90 Å². The molecule has 2 heterocycles. The molecule has 1 aromatic rings. The number of nitrogens with zero attached hydrogens (tertiary/aromatic N) is 1. The molecule has 25 heavy (non-hydrogen) atoms. The molecule has 8 nitrogen and oxygen atoms in total. The number of ether oxygens (including phenoxy) is 3. The van der Waals surface area contributed by atoms with Gasteiger partial charge in [0.15, 0.2) is 5.70 Å². The number of esters is 2. The van der Waals surface area contributed by atoms with E-state index >= 15 is 0 Å². The van der Waals surface area contributed by atoms with Crippen LogP contribution in [-0.2, 0) is 23.8 Å². The van der Waals surface area contributed by atoms with E-state index in [-0.39, 0.29) is 11.1 Å². The van der Waals surface area contributed by atoms with Gasteiger partial charge in [0, 0.05) is 11.6 Å². The normalized spacial score (nSPS) is 19.5. The van der Waals surface area contributed by atoms with Gasteiger partial charge in [0.25, 0.3) is 18.1 Å². The molecule has 0 spiro atoms. The van der Waals surface area contributed by atoms with Gasteiger partial charge < -0.3 is 14.2 Å². The molecule has 1 atom stereocenters. The van der Waals surface area contributed by atoms with Gasteiger partial charge in [-0.15, -0.1) is 0 Å². The number of rotatable bonds is 4. The minimum absolute atomic E-state index is 0.172. The van der Waals surface area contributed by atoms with Gasteiger partial charge in [0.2, 0.25) is 0 Å². The van der Waals surface area contributed by atoms with E-state index < -0.39 is 35.7 Å². The summed E-state index contributed by atoms with van der Waals surface area (Å²) in [6.07, 6.45) is 1.22. The number of hydrogen-bond donors (Lipinski definition) is 0. The first kappa shape index (κ1) is 16.4. The van der Waals surface area contributed by atoms with Crippen LogP contribution in [0.2, 0.25) is 0 Å². The maximum atomic E-state index is 12.5. The molecule has 0 fully saturated rings. The molecule has 0 unspecified atom stereocenters. The van der Waals surface area contributed by atoms with Crippen LogP contribution in [0.25, 0.3) is 0 Å². The number of carbonyl (C=O) groups excluding carboxylic acids is 4. The molecule has 2 aliphatic rings. The zero-order valence-corrected chi connectivity index (χ0v) is 13.3. The number of benzene rings is 1. The third-order valence-corrected chi connectivity index (χ3v) is 3.67. The monoisotopic (exact) mass is 343 g/mol. The lowest BCUT2D eigenvalue weighted by Crippen LogP contribution is -2.34. The molecule has 0 radical (unpaired) electrons. The maximum Gasteiger partial charge on any atom is 0.358 e. The van der Waals surface area contributed by atoms with Crippen molar-refractivity contribution in [3.05, 3.63) is 59.0 Å². The van der Waals surface area contributed by atoms with Gasteiger partial charge in [-0.3, -0.25) is 9.59 Å². The Balaban J connectivity index is 1.91. The summed E-state index contributed by atoms with van der Waals surface area (Å²) in [5.41, 5.74) is 0.275. The summed E-state index contributed by atoms with van der Waals surface area (Å²) < 4.78 is 14.7. The van der Waals surface area contributed by atoms with Crippen LogP contribution in [0, 0.1) is 0 Å². The van der Waals surface area contributed by atoms with Crippen molar-refractivity contribution in [1.29, 1.82) is 0 Å². The fourth-order valence-corrected chi connectivity index (χ4v) is 2.41. The Labute approximate surface area is 142 Å². The van der Waals surface area contributed by atoms with Crippen LogP contribution in [0.1, 0.15) is 27.6 Å². The van der Waals surface area contributed by atoms with Gasteiger partial charge in [-0.05, 0) is 19.1 Å². The number of imide groups is 1. The molecule has 3 rings (SSSR count). The van der Waals surface area contributed by atoms with E-state index in [0.29, 0.717) is 10.5 Å². The van der Waals surface area contributed by atoms with Crippen molar-refractivity contribution >= 4 is 23.8 Å². The molecule has 2 aliphatic heterocycles. The van der Waals surface area contributed by atoms with E-state index in [1.807, 2.05) is 0 Å². The highest BCUT2D eigenvalue weighted by Crippen LogP contribution is 2.27. The Kier molecular flexibility index (Phi) is 4.10.